The summed E-state index contributed by atoms with van der Waals surface area (Å²) in [5.74, 6) is 0.0114. The van der Waals surface area contributed by atoms with Gasteiger partial charge >= 0.3 is 5.97 Å². The van der Waals surface area contributed by atoms with Crippen molar-refractivity contribution in [3.05, 3.63) is 41.1 Å². The number of ether oxygens (including phenoxy) is 1. The zero-order chi connectivity index (χ0) is 15.5. The molecule has 1 aromatic carbocycles. The van der Waals surface area contributed by atoms with E-state index in [0.29, 0.717) is 6.61 Å². The van der Waals surface area contributed by atoms with Gasteiger partial charge in [-0.15, -0.1) is 0 Å². The summed E-state index contributed by atoms with van der Waals surface area (Å²) in [5, 5.41) is 17.2. The molecule has 0 amide bonds. The second-order valence-corrected chi connectivity index (χ2v) is 5.36. The summed E-state index contributed by atoms with van der Waals surface area (Å²) in [4.78, 5) is 11.2. The molecule has 0 bridgehead atoms. The highest BCUT2D eigenvalue weighted by Crippen LogP contribution is 2.28. The first-order valence-corrected chi connectivity index (χ1v) is 7.38. The fourth-order valence-electron chi connectivity index (χ4n) is 2.78. The third kappa shape index (κ3) is 2.69. The predicted octanol–water partition coefficient (Wildman–Crippen LogP) is 2.47. The standard InChI is InChI=1S/C16H19N3O3/c1-22-10-14-13-7-2-3-8-17-15(13)19(18-14)12-6-4-5-11(9-12)16(20)21/h4-6,9,17H,2-3,7-8,10H2,1H3,(H,20,21). The summed E-state index contributed by atoms with van der Waals surface area (Å²) < 4.78 is 7.04. The second kappa shape index (κ2) is 6.19. The molecular formula is C16H19N3O3. The van der Waals surface area contributed by atoms with Crippen molar-refractivity contribution in [2.75, 3.05) is 19.0 Å². The van der Waals surface area contributed by atoms with Gasteiger partial charge in [0.05, 0.1) is 23.6 Å². The number of aromatic nitrogens is 2. The van der Waals surface area contributed by atoms with Gasteiger partial charge in [0.2, 0.25) is 0 Å². The number of carbonyl (C=O) groups is 1. The Hall–Kier alpha value is -2.34. The van der Waals surface area contributed by atoms with Crippen molar-refractivity contribution in [3.8, 4) is 5.69 Å². The Labute approximate surface area is 128 Å². The number of hydrogen-bond acceptors (Lipinski definition) is 4. The van der Waals surface area contributed by atoms with Crippen LogP contribution in [0.1, 0.15) is 34.5 Å². The molecule has 22 heavy (non-hydrogen) atoms. The van der Waals surface area contributed by atoms with Gasteiger partial charge in [0.25, 0.3) is 0 Å². The van der Waals surface area contributed by atoms with E-state index < -0.39 is 5.97 Å². The topological polar surface area (TPSA) is 76.4 Å². The van der Waals surface area contributed by atoms with Crippen molar-refractivity contribution in [1.82, 2.24) is 9.78 Å². The lowest BCUT2D eigenvalue weighted by Crippen LogP contribution is -2.08. The second-order valence-electron chi connectivity index (χ2n) is 5.36. The number of fused-ring (bicyclic) bond motifs is 1. The number of nitrogens with zero attached hydrogens (tertiary/aromatic N) is 2. The number of anilines is 1. The van der Waals surface area contributed by atoms with Gasteiger partial charge in [-0.1, -0.05) is 6.07 Å². The number of rotatable bonds is 4. The van der Waals surface area contributed by atoms with E-state index in [9.17, 15) is 4.79 Å². The van der Waals surface area contributed by atoms with Gasteiger partial charge in [-0.2, -0.15) is 5.10 Å². The van der Waals surface area contributed by atoms with Gasteiger partial charge in [0.1, 0.15) is 5.82 Å². The van der Waals surface area contributed by atoms with Gasteiger partial charge in [-0.3, -0.25) is 0 Å². The first-order chi connectivity index (χ1) is 10.7. The Balaban J connectivity index is 2.10. The van der Waals surface area contributed by atoms with Crippen molar-refractivity contribution in [1.29, 1.82) is 0 Å². The highest BCUT2D eigenvalue weighted by Gasteiger charge is 2.20. The Bertz CT molecular complexity index is 694. The van der Waals surface area contributed by atoms with Crippen LogP contribution < -0.4 is 5.32 Å². The van der Waals surface area contributed by atoms with Crippen LogP contribution in [0.2, 0.25) is 0 Å². The fraction of sp³-hybridized carbons (Fsp3) is 0.375. The maximum Gasteiger partial charge on any atom is 0.335 e. The first kappa shape index (κ1) is 14.6. The van der Waals surface area contributed by atoms with Gasteiger partial charge in [0.15, 0.2) is 0 Å². The molecule has 6 heteroatoms. The van der Waals surface area contributed by atoms with E-state index in [2.05, 4.69) is 10.4 Å². The third-order valence-electron chi connectivity index (χ3n) is 3.83. The molecule has 2 N–H and O–H groups in total. The molecule has 0 fully saturated rings. The molecule has 2 heterocycles. The van der Waals surface area contributed by atoms with Crippen molar-refractivity contribution in [2.45, 2.75) is 25.9 Å². The fourth-order valence-corrected chi connectivity index (χ4v) is 2.78. The van der Waals surface area contributed by atoms with Crippen molar-refractivity contribution in [2.24, 2.45) is 0 Å². The monoisotopic (exact) mass is 301 g/mol. The van der Waals surface area contributed by atoms with Gasteiger partial charge in [0, 0.05) is 19.2 Å². The number of nitrogens with one attached hydrogen (secondary N) is 1. The van der Waals surface area contributed by atoms with E-state index in [4.69, 9.17) is 9.84 Å². The quantitative estimate of drug-likeness (QED) is 0.907. The highest BCUT2D eigenvalue weighted by atomic mass is 16.5. The third-order valence-corrected chi connectivity index (χ3v) is 3.83. The van der Waals surface area contributed by atoms with Crippen LogP contribution in [-0.4, -0.2) is 34.5 Å². The summed E-state index contributed by atoms with van der Waals surface area (Å²) in [6.07, 6.45) is 3.17. The first-order valence-electron chi connectivity index (χ1n) is 7.38. The van der Waals surface area contributed by atoms with Crippen LogP contribution in [0.5, 0.6) is 0 Å². The SMILES string of the molecule is COCc1nn(-c2cccc(C(=O)O)c2)c2c1CCCCN2. The molecule has 1 aliphatic rings. The summed E-state index contributed by atoms with van der Waals surface area (Å²) in [7, 11) is 1.65. The van der Waals surface area contributed by atoms with Crippen LogP contribution in [0.25, 0.3) is 5.69 Å². The molecule has 116 valence electrons. The molecule has 0 atom stereocenters. The zero-order valence-electron chi connectivity index (χ0n) is 12.5. The minimum atomic E-state index is -0.940. The molecule has 0 saturated heterocycles. The average Bonchev–Trinajstić information content (AvgIpc) is 2.71. The Kier molecular flexibility index (Phi) is 4.11. The summed E-state index contributed by atoms with van der Waals surface area (Å²) >= 11 is 0. The van der Waals surface area contributed by atoms with E-state index in [1.807, 2.05) is 6.07 Å². The maximum atomic E-state index is 11.2. The molecule has 1 aliphatic heterocycles. The lowest BCUT2D eigenvalue weighted by atomic mass is 10.1. The molecular weight excluding hydrogens is 282 g/mol. The Morgan fingerprint density at radius 3 is 3.09 bits per heavy atom. The van der Waals surface area contributed by atoms with Crippen LogP contribution in [0.3, 0.4) is 0 Å². The van der Waals surface area contributed by atoms with Crippen molar-refractivity contribution in [3.63, 3.8) is 0 Å². The van der Waals surface area contributed by atoms with Crippen LogP contribution in [0, 0.1) is 0 Å². The number of hydrogen-bond donors (Lipinski definition) is 2. The average molecular weight is 301 g/mol. The van der Waals surface area contributed by atoms with Crippen LogP contribution in [0.15, 0.2) is 24.3 Å². The Morgan fingerprint density at radius 1 is 1.45 bits per heavy atom. The van der Waals surface area contributed by atoms with Crippen LogP contribution in [0.4, 0.5) is 5.82 Å². The van der Waals surface area contributed by atoms with Gasteiger partial charge < -0.3 is 15.2 Å². The van der Waals surface area contributed by atoms with E-state index in [-0.39, 0.29) is 5.56 Å². The summed E-state index contributed by atoms with van der Waals surface area (Å²) in [5.41, 5.74) is 3.07. The number of benzene rings is 1. The maximum absolute atomic E-state index is 11.2. The van der Waals surface area contributed by atoms with E-state index >= 15 is 0 Å². The lowest BCUT2D eigenvalue weighted by molar-refractivity contribution is 0.0697. The number of carboxylic acid groups (broad SMARTS) is 1. The van der Waals surface area contributed by atoms with Crippen LogP contribution >= 0.6 is 0 Å². The van der Waals surface area contributed by atoms with Crippen molar-refractivity contribution < 1.29 is 14.6 Å². The zero-order valence-corrected chi connectivity index (χ0v) is 12.5. The Morgan fingerprint density at radius 2 is 2.32 bits per heavy atom. The van der Waals surface area contributed by atoms with Crippen LogP contribution in [-0.2, 0) is 17.8 Å². The number of carboxylic acids is 1. The molecule has 6 nitrogen and oxygen atoms in total. The molecule has 0 spiro atoms. The normalized spacial score (nSPS) is 14.0. The smallest absolute Gasteiger partial charge is 0.335 e. The minimum absolute atomic E-state index is 0.253. The number of methoxy groups -OCH3 is 1. The minimum Gasteiger partial charge on any atom is -0.478 e. The van der Waals surface area contributed by atoms with Crippen molar-refractivity contribution >= 4 is 11.8 Å². The molecule has 2 aromatic rings. The highest BCUT2D eigenvalue weighted by molar-refractivity contribution is 5.88. The predicted molar refractivity (Wildman–Crippen MR) is 82.7 cm³/mol. The number of aromatic carboxylic acids is 1. The summed E-state index contributed by atoms with van der Waals surface area (Å²) in [6, 6.07) is 6.82. The molecule has 0 radical (unpaired) electrons. The molecule has 0 saturated carbocycles. The molecule has 1 aromatic heterocycles. The lowest BCUT2D eigenvalue weighted by Gasteiger charge is -2.09. The van der Waals surface area contributed by atoms with Gasteiger partial charge in [-0.05, 0) is 37.5 Å². The van der Waals surface area contributed by atoms with E-state index in [0.717, 1.165) is 43.0 Å². The molecule has 0 unspecified atom stereocenters. The van der Waals surface area contributed by atoms with E-state index in [1.54, 1.807) is 30.0 Å². The van der Waals surface area contributed by atoms with E-state index in [1.165, 1.54) is 5.56 Å². The molecule has 3 rings (SSSR count). The summed E-state index contributed by atoms with van der Waals surface area (Å²) in [6.45, 7) is 1.35. The van der Waals surface area contributed by atoms with Gasteiger partial charge in [-0.25, -0.2) is 9.48 Å². The largest absolute Gasteiger partial charge is 0.478 e. The molecule has 0 aliphatic carbocycles.